The van der Waals surface area contributed by atoms with Crippen molar-refractivity contribution in [3.8, 4) is 0 Å². The number of nitrogens with zero attached hydrogens (tertiary/aromatic N) is 1. The van der Waals surface area contributed by atoms with Crippen LogP contribution in [-0.2, 0) is 0 Å². The highest BCUT2D eigenvalue weighted by Crippen LogP contribution is 2.40. The minimum Gasteiger partial charge on any atom is -0.364 e. The fourth-order valence-electron chi connectivity index (χ4n) is 3.88. The average Bonchev–Trinajstić information content (AvgIpc) is 2.38. The minimum atomic E-state index is 0.166. The molecule has 0 aromatic heterocycles. The van der Waals surface area contributed by atoms with E-state index in [1.165, 1.54) is 37.8 Å². The molecule has 0 spiro atoms. The fourth-order valence-corrected chi connectivity index (χ4v) is 3.88. The first-order valence-electron chi connectivity index (χ1n) is 8.29. The van der Waals surface area contributed by atoms with E-state index in [1.807, 2.05) is 0 Å². The van der Waals surface area contributed by atoms with Crippen molar-refractivity contribution < 1.29 is 0 Å². The number of hydrogen-bond donors (Lipinski definition) is 0. The Labute approximate surface area is 125 Å². The number of rotatable bonds is 3. The lowest BCUT2D eigenvalue weighted by Gasteiger charge is -2.43. The standard InChI is InChI=1S/C19H31N/c1-15(2)20(19(3,4)5)18-14-10-9-13-17(18)16-11-7-6-8-12-16/h9-10,13-16H,6-8,11-12H2,1-5H3. The summed E-state index contributed by atoms with van der Waals surface area (Å²) in [5, 5.41) is 0. The van der Waals surface area contributed by atoms with Gasteiger partial charge in [-0.1, -0.05) is 37.5 Å². The van der Waals surface area contributed by atoms with Crippen LogP contribution in [0.2, 0.25) is 0 Å². The molecule has 1 aliphatic carbocycles. The van der Waals surface area contributed by atoms with Crippen LogP contribution < -0.4 is 4.90 Å². The molecular formula is C19H31N. The SMILES string of the molecule is CC(C)N(c1ccccc1C1CCCCC1)C(C)(C)C. The molecule has 1 nitrogen and oxygen atoms in total. The summed E-state index contributed by atoms with van der Waals surface area (Å²) in [5.41, 5.74) is 3.21. The lowest BCUT2D eigenvalue weighted by Crippen LogP contribution is -2.46. The van der Waals surface area contributed by atoms with E-state index in [0.717, 1.165) is 5.92 Å². The van der Waals surface area contributed by atoms with Gasteiger partial charge in [0.05, 0.1) is 0 Å². The van der Waals surface area contributed by atoms with Crippen molar-refractivity contribution in [3.63, 3.8) is 0 Å². The van der Waals surface area contributed by atoms with Gasteiger partial charge in [0, 0.05) is 17.3 Å². The molecule has 2 rings (SSSR count). The molecule has 1 aliphatic rings. The third kappa shape index (κ3) is 3.37. The van der Waals surface area contributed by atoms with Gasteiger partial charge in [0.25, 0.3) is 0 Å². The van der Waals surface area contributed by atoms with Crippen LogP contribution in [0.25, 0.3) is 0 Å². The Hall–Kier alpha value is -0.980. The summed E-state index contributed by atoms with van der Waals surface area (Å²) in [5.74, 6) is 0.767. The van der Waals surface area contributed by atoms with Crippen molar-refractivity contribution in [1.82, 2.24) is 0 Å². The van der Waals surface area contributed by atoms with Gasteiger partial charge in [0.15, 0.2) is 0 Å². The van der Waals surface area contributed by atoms with E-state index in [2.05, 4.69) is 63.8 Å². The Balaban J connectivity index is 2.39. The van der Waals surface area contributed by atoms with Gasteiger partial charge in [-0.15, -0.1) is 0 Å². The van der Waals surface area contributed by atoms with Crippen LogP contribution in [0, 0.1) is 0 Å². The number of anilines is 1. The maximum Gasteiger partial charge on any atom is 0.0408 e. The van der Waals surface area contributed by atoms with E-state index in [0.29, 0.717) is 6.04 Å². The fraction of sp³-hybridized carbons (Fsp3) is 0.684. The van der Waals surface area contributed by atoms with Gasteiger partial charge < -0.3 is 4.90 Å². The normalized spacial score (nSPS) is 17.5. The quantitative estimate of drug-likeness (QED) is 0.678. The molecule has 0 unspecified atom stereocenters. The molecule has 1 saturated carbocycles. The van der Waals surface area contributed by atoms with E-state index in [9.17, 15) is 0 Å². The second-order valence-electron chi connectivity index (χ2n) is 7.53. The van der Waals surface area contributed by atoms with Crippen molar-refractivity contribution in [1.29, 1.82) is 0 Å². The summed E-state index contributed by atoms with van der Waals surface area (Å²) < 4.78 is 0. The highest BCUT2D eigenvalue weighted by molar-refractivity contribution is 5.57. The van der Waals surface area contributed by atoms with Crippen LogP contribution >= 0.6 is 0 Å². The Morgan fingerprint density at radius 3 is 2.15 bits per heavy atom. The van der Waals surface area contributed by atoms with Gasteiger partial charge in [0.1, 0.15) is 0 Å². The molecule has 0 bridgehead atoms. The van der Waals surface area contributed by atoms with E-state index in [-0.39, 0.29) is 5.54 Å². The van der Waals surface area contributed by atoms with E-state index in [1.54, 1.807) is 5.56 Å². The molecule has 0 saturated heterocycles. The zero-order valence-electron chi connectivity index (χ0n) is 13.9. The zero-order chi connectivity index (χ0) is 14.8. The molecular weight excluding hydrogens is 242 g/mol. The molecule has 1 aromatic carbocycles. The van der Waals surface area contributed by atoms with Gasteiger partial charge in [0.2, 0.25) is 0 Å². The molecule has 1 fully saturated rings. The highest BCUT2D eigenvalue weighted by Gasteiger charge is 2.28. The lowest BCUT2D eigenvalue weighted by molar-refractivity contribution is 0.432. The van der Waals surface area contributed by atoms with Crippen LogP contribution in [0.4, 0.5) is 5.69 Å². The summed E-state index contributed by atoms with van der Waals surface area (Å²) in [6.07, 6.45) is 6.96. The predicted octanol–water partition coefficient (Wildman–Crippen LogP) is 5.75. The second-order valence-corrected chi connectivity index (χ2v) is 7.53. The molecule has 20 heavy (non-hydrogen) atoms. The van der Waals surface area contributed by atoms with E-state index in [4.69, 9.17) is 0 Å². The van der Waals surface area contributed by atoms with Gasteiger partial charge in [-0.05, 0) is 65.0 Å². The largest absolute Gasteiger partial charge is 0.364 e. The third-order valence-electron chi connectivity index (χ3n) is 4.48. The van der Waals surface area contributed by atoms with Gasteiger partial charge in [-0.2, -0.15) is 0 Å². The minimum absolute atomic E-state index is 0.166. The van der Waals surface area contributed by atoms with E-state index >= 15 is 0 Å². The topological polar surface area (TPSA) is 3.24 Å². The first kappa shape index (κ1) is 15.4. The maximum absolute atomic E-state index is 2.59. The Kier molecular flexibility index (Phi) is 4.78. The van der Waals surface area contributed by atoms with E-state index < -0.39 is 0 Å². The molecule has 0 aliphatic heterocycles. The molecule has 112 valence electrons. The average molecular weight is 273 g/mol. The first-order chi connectivity index (χ1) is 9.41. The third-order valence-corrected chi connectivity index (χ3v) is 4.48. The first-order valence-corrected chi connectivity index (χ1v) is 8.29. The summed E-state index contributed by atoms with van der Waals surface area (Å²) in [4.78, 5) is 2.59. The molecule has 1 heteroatoms. The van der Waals surface area contributed by atoms with Gasteiger partial charge >= 0.3 is 0 Å². The Morgan fingerprint density at radius 1 is 1.00 bits per heavy atom. The molecule has 0 atom stereocenters. The monoisotopic (exact) mass is 273 g/mol. The van der Waals surface area contributed by atoms with Crippen molar-refractivity contribution >= 4 is 5.69 Å². The van der Waals surface area contributed by atoms with Crippen LogP contribution in [-0.4, -0.2) is 11.6 Å². The second kappa shape index (κ2) is 6.20. The zero-order valence-corrected chi connectivity index (χ0v) is 13.9. The maximum atomic E-state index is 2.59. The summed E-state index contributed by atoms with van der Waals surface area (Å²) in [7, 11) is 0. The Bertz CT molecular complexity index is 422. The van der Waals surface area contributed by atoms with Gasteiger partial charge in [-0.3, -0.25) is 0 Å². The smallest absolute Gasteiger partial charge is 0.0408 e. The van der Waals surface area contributed by atoms with Crippen LogP contribution in [0.1, 0.15) is 78.2 Å². The summed E-state index contributed by atoms with van der Waals surface area (Å²) >= 11 is 0. The van der Waals surface area contributed by atoms with Crippen molar-refractivity contribution in [3.05, 3.63) is 29.8 Å². The molecule has 0 heterocycles. The van der Waals surface area contributed by atoms with Crippen molar-refractivity contribution in [2.75, 3.05) is 4.90 Å². The molecule has 1 aromatic rings. The van der Waals surface area contributed by atoms with Crippen molar-refractivity contribution in [2.45, 2.75) is 84.2 Å². The number of benzene rings is 1. The Morgan fingerprint density at radius 2 is 1.60 bits per heavy atom. The van der Waals surface area contributed by atoms with Gasteiger partial charge in [-0.25, -0.2) is 0 Å². The summed E-state index contributed by atoms with van der Waals surface area (Å²) in [6.45, 7) is 11.6. The highest BCUT2D eigenvalue weighted by atomic mass is 15.2. The lowest BCUT2D eigenvalue weighted by atomic mass is 9.82. The molecule has 0 N–H and O–H groups in total. The molecule has 0 amide bonds. The van der Waals surface area contributed by atoms with Crippen molar-refractivity contribution in [2.24, 2.45) is 0 Å². The predicted molar refractivity (Wildman–Crippen MR) is 89.6 cm³/mol. The molecule has 0 radical (unpaired) electrons. The number of para-hydroxylation sites is 1. The van der Waals surface area contributed by atoms with Crippen LogP contribution in [0.15, 0.2) is 24.3 Å². The van der Waals surface area contributed by atoms with Crippen LogP contribution in [0.5, 0.6) is 0 Å². The van der Waals surface area contributed by atoms with Crippen LogP contribution in [0.3, 0.4) is 0 Å². The summed E-state index contributed by atoms with van der Waals surface area (Å²) in [6, 6.07) is 9.64. The number of hydrogen-bond acceptors (Lipinski definition) is 1.